The van der Waals surface area contributed by atoms with Gasteiger partial charge in [0.1, 0.15) is 0 Å². The predicted octanol–water partition coefficient (Wildman–Crippen LogP) is 2.29. The molecule has 3 nitrogen and oxygen atoms in total. The molecule has 0 aromatic heterocycles. The molecule has 1 fully saturated rings. The van der Waals surface area contributed by atoms with Crippen LogP contribution in [0, 0.1) is 5.92 Å². The van der Waals surface area contributed by atoms with E-state index in [1.165, 1.54) is 12.7 Å². The highest BCUT2D eigenvalue weighted by Crippen LogP contribution is 2.29. The fourth-order valence-electron chi connectivity index (χ4n) is 2.44. The fraction of sp³-hybridized carbons (Fsp3) is 0.500. The van der Waals surface area contributed by atoms with E-state index in [1.54, 1.807) is 0 Å². The van der Waals surface area contributed by atoms with Crippen molar-refractivity contribution in [1.29, 1.82) is 0 Å². The van der Waals surface area contributed by atoms with Gasteiger partial charge in [-0.15, -0.1) is 0 Å². The zero-order valence-corrected chi connectivity index (χ0v) is 10.2. The van der Waals surface area contributed by atoms with Crippen LogP contribution in [0.1, 0.15) is 30.9 Å². The van der Waals surface area contributed by atoms with Crippen molar-refractivity contribution in [3.63, 3.8) is 0 Å². The van der Waals surface area contributed by atoms with E-state index in [1.807, 2.05) is 6.07 Å². The lowest BCUT2D eigenvalue weighted by atomic mass is 9.87. The first-order valence-electron chi connectivity index (χ1n) is 6.14. The number of methoxy groups -OCH3 is 1. The minimum atomic E-state index is -0.0938. The Morgan fingerprint density at radius 1 is 1.41 bits per heavy atom. The number of hydrogen-bond donors (Lipinski definition) is 1. The van der Waals surface area contributed by atoms with Crippen molar-refractivity contribution in [1.82, 2.24) is 5.32 Å². The molecule has 2 atom stereocenters. The summed E-state index contributed by atoms with van der Waals surface area (Å²) in [6, 6.07) is 10.8. The molecule has 0 bridgehead atoms. The Morgan fingerprint density at radius 3 is 2.88 bits per heavy atom. The smallest absolute Gasteiger partial charge is 0.305 e. The van der Waals surface area contributed by atoms with Crippen molar-refractivity contribution in [2.24, 2.45) is 5.92 Å². The van der Waals surface area contributed by atoms with Crippen LogP contribution in [0.4, 0.5) is 0 Å². The Bertz CT molecular complexity index is 364. The van der Waals surface area contributed by atoms with Crippen molar-refractivity contribution in [3.8, 4) is 0 Å². The number of nitrogens with one attached hydrogen (secondary N) is 1. The molecule has 0 saturated carbocycles. The molecule has 1 N–H and O–H groups in total. The minimum absolute atomic E-state index is 0.0938. The van der Waals surface area contributed by atoms with Crippen molar-refractivity contribution in [2.75, 3.05) is 13.7 Å². The van der Waals surface area contributed by atoms with E-state index in [4.69, 9.17) is 4.74 Å². The molecule has 0 aliphatic carbocycles. The minimum Gasteiger partial charge on any atom is -0.469 e. The van der Waals surface area contributed by atoms with Crippen LogP contribution in [0.5, 0.6) is 0 Å². The van der Waals surface area contributed by atoms with Crippen LogP contribution >= 0.6 is 0 Å². The second kappa shape index (κ2) is 5.82. The molecule has 0 amide bonds. The third kappa shape index (κ3) is 3.30. The fourth-order valence-corrected chi connectivity index (χ4v) is 2.44. The molecule has 1 aromatic carbocycles. The summed E-state index contributed by atoms with van der Waals surface area (Å²) in [4.78, 5) is 11.3. The maximum atomic E-state index is 11.3. The monoisotopic (exact) mass is 233 g/mol. The third-order valence-electron chi connectivity index (χ3n) is 3.40. The molecule has 17 heavy (non-hydrogen) atoms. The van der Waals surface area contributed by atoms with Crippen LogP contribution in [-0.2, 0) is 9.53 Å². The van der Waals surface area contributed by atoms with E-state index < -0.39 is 0 Å². The van der Waals surface area contributed by atoms with Crippen molar-refractivity contribution in [2.45, 2.75) is 25.3 Å². The van der Waals surface area contributed by atoms with Crippen LogP contribution in [0.3, 0.4) is 0 Å². The van der Waals surface area contributed by atoms with E-state index in [9.17, 15) is 4.79 Å². The van der Waals surface area contributed by atoms with E-state index in [-0.39, 0.29) is 5.97 Å². The quantitative estimate of drug-likeness (QED) is 0.814. The van der Waals surface area contributed by atoms with Gasteiger partial charge in [-0.2, -0.15) is 0 Å². The Labute approximate surface area is 102 Å². The van der Waals surface area contributed by atoms with Crippen LogP contribution in [0.15, 0.2) is 30.3 Å². The number of esters is 1. The molecule has 1 aliphatic heterocycles. The van der Waals surface area contributed by atoms with Crippen molar-refractivity contribution >= 4 is 5.97 Å². The molecular weight excluding hydrogens is 214 g/mol. The summed E-state index contributed by atoms with van der Waals surface area (Å²) in [5.74, 6) is 0.345. The second-order valence-electron chi connectivity index (χ2n) is 4.59. The van der Waals surface area contributed by atoms with Gasteiger partial charge in [-0.3, -0.25) is 4.79 Å². The molecule has 2 unspecified atom stereocenters. The molecule has 3 heteroatoms. The van der Waals surface area contributed by atoms with Gasteiger partial charge in [-0.1, -0.05) is 30.3 Å². The Kier molecular flexibility index (Phi) is 4.15. The molecule has 2 rings (SSSR count). The van der Waals surface area contributed by atoms with Gasteiger partial charge in [0.2, 0.25) is 0 Å². The van der Waals surface area contributed by atoms with Crippen molar-refractivity contribution < 1.29 is 9.53 Å². The predicted molar refractivity (Wildman–Crippen MR) is 66.5 cm³/mol. The number of ether oxygens (including phenoxy) is 1. The lowest BCUT2D eigenvalue weighted by Gasteiger charge is -2.30. The zero-order chi connectivity index (χ0) is 12.1. The Balaban J connectivity index is 1.95. The number of carbonyl (C=O) groups is 1. The first-order chi connectivity index (χ1) is 8.29. The number of carbonyl (C=O) groups excluding carboxylic acids is 1. The summed E-state index contributed by atoms with van der Waals surface area (Å²) in [6.07, 6.45) is 2.61. The number of benzene rings is 1. The van der Waals surface area contributed by atoms with Gasteiger partial charge >= 0.3 is 5.97 Å². The van der Waals surface area contributed by atoms with Gasteiger partial charge in [-0.05, 0) is 30.9 Å². The lowest BCUT2D eigenvalue weighted by Crippen LogP contribution is -2.32. The van der Waals surface area contributed by atoms with Crippen LogP contribution in [-0.4, -0.2) is 19.6 Å². The van der Waals surface area contributed by atoms with Gasteiger partial charge in [0.15, 0.2) is 0 Å². The SMILES string of the molecule is COC(=O)CC1CCNC(c2ccccc2)C1. The Hall–Kier alpha value is -1.35. The lowest BCUT2D eigenvalue weighted by molar-refractivity contribution is -0.142. The van der Waals surface area contributed by atoms with E-state index in [0.29, 0.717) is 18.4 Å². The number of rotatable bonds is 3. The topological polar surface area (TPSA) is 38.3 Å². The van der Waals surface area contributed by atoms with E-state index >= 15 is 0 Å². The summed E-state index contributed by atoms with van der Waals surface area (Å²) >= 11 is 0. The molecule has 92 valence electrons. The Morgan fingerprint density at radius 2 is 2.18 bits per heavy atom. The van der Waals surface area contributed by atoms with Gasteiger partial charge < -0.3 is 10.1 Å². The third-order valence-corrected chi connectivity index (χ3v) is 3.40. The van der Waals surface area contributed by atoms with E-state index in [0.717, 1.165) is 19.4 Å². The average Bonchev–Trinajstić information content (AvgIpc) is 2.40. The first kappa shape index (κ1) is 12.1. The van der Waals surface area contributed by atoms with Gasteiger partial charge in [-0.25, -0.2) is 0 Å². The maximum Gasteiger partial charge on any atom is 0.305 e. The highest BCUT2D eigenvalue weighted by molar-refractivity contribution is 5.69. The summed E-state index contributed by atoms with van der Waals surface area (Å²) in [5, 5.41) is 3.50. The summed E-state index contributed by atoms with van der Waals surface area (Å²) in [7, 11) is 1.46. The number of hydrogen-bond acceptors (Lipinski definition) is 3. The molecule has 1 aliphatic rings. The van der Waals surface area contributed by atoms with Crippen LogP contribution in [0.25, 0.3) is 0 Å². The zero-order valence-electron chi connectivity index (χ0n) is 10.2. The summed E-state index contributed by atoms with van der Waals surface area (Å²) in [5.41, 5.74) is 1.31. The second-order valence-corrected chi connectivity index (χ2v) is 4.59. The first-order valence-corrected chi connectivity index (χ1v) is 6.14. The van der Waals surface area contributed by atoms with Crippen LogP contribution < -0.4 is 5.32 Å². The molecule has 1 heterocycles. The maximum absolute atomic E-state index is 11.3. The highest BCUT2D eigenvalue weighted by Gasteiger charge is 2.24. The van der Waals surface area contributed by atoms with Gasteiger partial charge in [0.05, 0.1) is 7.11 Å². The van der Waals surface area contributed by atoms with Gasteiger partial charge in [0.25, 0.3) is 0 Å². The number of piperidine rings is 1. The molecule has 1 aromatic rings. The normalized spacial score (nSPS) is 24.3. The van der Waals surface area contributed by atoms with E-state index in [2.05, 4.69) is 29.6 Å². The molecule has 0 spiro atoms. The summed E-state index contributed by atoms with van der Waals surface area (Å²) < 4.78 is 4.73. The summed E-state index contributed by atoms with van der Waals surface area (Å²) in [6.45, 7) is 0.973. The average molecular weight is 233 g/mol. The van der Waals surface area contributed by atoms with Crippen molar-refractivity contribution in [3.05, 3.63) is 35.9 Å². The molecule has 0 radical (unpaired) electrons. The largest absolute Gasteiger partial charge is 0.469 e. The van der Waals surface area contributed by atoms with Crippen LogP contribution in [0.2, 0.25) is 0 Å². The highest BCUT2D eigenvalue weighted by atomic mass is 16.5. The standard InChI is InChI=1S/C14H19NO2/c1-17-14(16)10-11-7-8-15-13(9-11)12-5-3-2-4-6-12/h2-6,11,13,15H,7-10H2,1H3. The van der Waals surface area contributed by atoms with Gasteiger partial charge in [0, 0.05) is 12.5 Å². The molecular formula is C14H19NO2. The molecule has 1 saturated heterocycles.